The molecule has 0 radical (unpaired) electrons. The van der Waals surface area contributed by atoms with Crippen LogP contribution in [0.25, 0.3) is 6.08 Å². The SMILES string of the molecule is COc1ccccc1/C=C1\Oc2cc(OCc3cc(Br)cc4c3OCOC4)ccc2C1=O. The summed E-state index contributed by atoms with van der Waals surface area (Å²) in [5, 5.41) is 0. The monoisotopic (exact) mass is 494 g/mol. The van der Waals surface area contributed by atoms with Crippen LogP contribution < -0.4 is 18.9 Å². The molecule has 0 atom stereocenters. The van der Waals surface area contributed by atoms with E-state index in [9.17, 15) is 4.79 Å². The van der Waals surface area contributed by atoms with Crippen molar-refractivity contribution in [2.75, 3.05) is 13.9 Å². The van der Waals surface area contributed by atoms with Gasteiger partial charge in [0.15, 0.2) is 12.6 Å². The van der Waals surface area contributed by atoms with Gasteiger partial charge in [-0.2, -0.15) is 0 Å². The number of carbonyl (C=O) groups is 1. The molecule has 32 heavy (non-hydrogen) atoms. The first-order valence-corrected chi connectivity index (χ1v) is 10.8. The van der Waals surface area contributed by atoms with Gasteiger partial charge in [-0.3, -0.25) is 4.79 Å². The number of fused-ring (bicyclic) bond motifs is 2. The molecule has 2 aliphatic heterocycles. The van der Waals surface area contributed by atoms with E-state index in [1.54, 1.807) is 31.4 Å². The van der Waals surface area contributed by atoms with Gasteiger partial charge in [-0.15, -0.1) is 0 Å². The van der Waals surface area contributed by atoms with Crippen LogP contribution in [0.5, 0.6) is 23.0 Å². The van der Waals surface area contributed by atoms with E-state index in [-0.39, 0.29) is 18.3 Å². The number of Topliss-reactive ketones (excluding diaryl/α,β-unsaturated/α-hetero) is 1. The zero-order valence-electron chi connectivity index (χ0n) is 17.2. The molecular weight excluding hydrogens is 476 g/mol. The topological polar surface area (TPSA) is 63.2 Å². The highest BCUT2D eigenvalue weighted by Crippen LogP contribution is 2.37. The molecule has 0 bridgehead atoms. The van der Waals surface area contributed by atoms with Crippen LogP contribution in [0.1, 0.15) is 27.0 Å². The molecule has 7 heteroatoms. The van der Waals surface area contributed by atoms with Gasteiger partial charge in [0.25, 0.3) is 0 Å². The Morgan fingerprint density at radius 2 is 2.00 bits per heavy atom. The molecule has 0 saturated carbocycles. The van der Waals surface area contributed by atoms with E-state index < -0.39 is 0 Å². The number of ether oxygens (including phenoxy) is 5. The summed E-state index contributed by atoms with van der Waals surface area (Å²) in [6.45, 7) is 1.02. The summed E-state index contributed by atoms with van der Waals surface area (Å²) in [5.41, 5.74) is 3.15. The average molecular weight is 495 g/mol. The first kappa shape index (κ1) is 20.6. The van der Waals surface area contributed by atoms with Crippen molar-refractivity contribution in [1.82, 2.24) is 0 Å². The molecule has 0 aromatic heterocycles. The predicted molar refractivity (Wildman–Crippen MR) is 121 cm³/mol. The quantitative estimate of drug-likeness (QED) is 0.435. The number of para-hydroxylation sites is 1. The van der Waals surface area contributed by atoms with Gasteiger partial charge < -0.3 is 23.7 Å². The van der Waals surface area contributed by atoms with Gasteiger partial charge in [0.05, 0.1) is 19.3 Å². The Labute approximate surface area is 193 Å². The fourth-order valence-electron chi connectivity index (χ4n) is 3.71. The molecule has 2 aliphatic rings. The number of hydrogen-bond acceptors (Lipinski definition) is 6. The molecule has 0 unspecified atom stereocenters. The lowest BCUT2D eigenvalue weighted by Gasteiger charge is -2.21. The number of rotatable bonds is 5. The van der Waals surface area contributed by atoms with Crippen molar-refractivity contribution in [2.24, 2.45) is 0 Å². The van der Waals surface area contributed by atoms with Gasteiger partial charge in [-0.25, -0.2) is 0 Å². The van der Waals surface area contributed by atoms with Crippen LogP contribution in [0.3, 0.4) is 0 Å². The first-order valence-electron chi connectivity index (χ1n) is 9.98. The molecule has 0 aliphatic carbocycles. The van der Waals surface area contributed by atoms with Crippen molar-refractivity contribution < 1.29 is 28.5 Å². The van der Waals surface area contributed by atoms with Crippen molar-refractivity contribution in [3.63, 3.8) is 0 Å². The molecule has 2 heterocycles. The highest BCUT2D eigenvalue weighted by Gasteiger charge is 2.28. The van der Waals surface area contributed by atoms with Gasteiger partial charge in [0, 0.05) is 27.2 Å². The van der Waals surface area contributed by atoms with Crippen LogP contribution >= 0.6 is 15.9 Å². The van der Waals surface area contributed by atoms with Crippen LogP contribution in [0.2, 0.25) is 0 Å². The molecule has 0 saturated heterocycles. The van der Waals surface area contributed by atoms with Crippen molar-refractivity contribution >= 4 is 27.8 Å². The van der Waals surface area contributed by atoms with E-state index in [1.165, 1.54) is 0 Å². The maximum Gasteiger partial charge on any atom is 0.231 e. The standard InChI is InChI=1S/C25H19BrO6/c1-28-21-5-3-2-4-15(21)10-23-24(27)20-7-6-19(11-22(20)32-23)30-13-17-9-18(26)8-16-12-29-14-31-25(16)17/h2-11H,12-14H2,1H3/b23-10-. The molecule has 162 valence electrons. The smallest absolute Gasteiger partial charge is 0.231 e. The number of hydrogen-bond donors (Lipinski definition) is 0. The summed E-state index contributed by atoms with van der Waals surface area (Å²) in [4.78, 5) is 12.8. The lowest BCUT2D eigenvalue weighted by atomic mass is 10.1. The van der Waals surface area contributed by atoms with E-state index in [2.05, 4.69) is 15.9 Å². The highest BCUT2D eigenvalue weighted by atomic mass is 79.9. The van der Waals surface area contributed by atoms with Crippen molar-refractivity contribution in [1.29, 1.82) is 0 Å². The third-order valence-corrected chi connectivity index (χ3v) is 5.67. The normalized spacial score (nSPS) is 15.6. The summed E-state index contributed by atoms with van der Waals surface area (Å²) in [6, 6.07) is 16.6. The average Bonchev–Trinajstić information content (AvgIpc) is 3.12. The zero-order valence-corrected chi connectivity index (χ0v) is 18.8. The maximum absolute atomic E-state index is 12.8. The molecule has 0 fully saturated rings. The summed E-state index contributed by atoms with van der Waals surface area (Å²) in [5.74, 6) is 2.59. The lowest BCUT2D eigenvalue weighted by Crippen LogP contribution is -2.14. The van der Waals surface area contributed by atoms with E-state index in [4.69, 9.17) is 23.7 Å². The molecule has 0 N–H and O–H groups in total. The van der Waals surface area contributed by atoms with Crippen LogP contribution in [0, 0.1) is 0 Å². The van der Waals surface area contributed by atoms with Gasteiger partial charge in [0.1, 0.15) is 29.6 Å². The molecular formula is C25H19BrO6. The van der Waals surface area contributed by atoms with Crippen LogP contribution in [-0.2, 0) is 18.0 Å². The fourth-order valence-corrected chi connectivity index (χ4v) is 4.26. The Morgan fingerprint density at radius 3 is 2.88 bits per heavy atom. The molecule has 3 aromatic rings. The van der Waals surface area contributed by atoms with Gasteiger partial charge in [-0.1, -0.05) is 34.1 Å². The number of halogens is 1. The molecule has 3 aromatic carbocycles. The van der Waals surface area contributed by atoms with Gasteiger partial charge in [-0.05, 0) is 36.4 Å². The Bertz CT molecular complexity index is 1230. The zero-order chi connectivity index (χ0) is 22.1. The minimum atomic E-state index is -0.174. The van der Waals surface area contributed by atoms with Gasteiger partial charge >= 0.3 is 0 Å². The Hall–Kier alpha value is -3.29. The Morgan fingerprint density at radius 1 is 1.12 bits per heavy atom. The third-order valence-electron chi connectivity index (χ3n) is 5.21. The van der Waals surface area contributed by atoms with E-state index in [0.717, 1.165) is 26.9 Å². The van der Waals surface area contributed by atoms with E-state index >= 15 is 0 Å². The van der Waals surface area contributed by atoms with E-state index in [0.29, 0.717) is 36.0 Å². The molecule has 0 spiro atoms. The van der Waals surface area contributed by atoms with Crippen molar-refractivity contribution in [3.8, 4) is 23.0 Å². The largest absolute Gasteiger partial charge is 0.496 e. The Kier molecular flexibility index (Phi) is 5.59. The summed E-state index contributed by atoms with van der Waals surface area (Å²) >= 11 is 3.52. The number of benzene rings is 3. The second-order valence-corrected chi connectivity index (χ2v) is 8.21. The van der Waals surface area contributed by atoms with Crippen LogP contribution in [-0.4, -0.2) is 19.7 Å². The first-order chi connectivity index (χ1) is 15.6. The second kappa shape index (κ2) is 8.68. The van der Waals surface area contributed by atoms with E-state index in [1.807, 2.05) is 36.4 Å². The Balaban J connectivity index is 1.36. The summed E-state index contributed by atoms with van der Waals surface area (Å²) in [6.07, 6.45) is 1.69. The number of ketones is 1. The molecule has 5 rings (SSSR count). The third kappa shape index (κ3) is 3.97. The van der Waals surface area contributed by atoms with Crippen LogP contribution in [0.4, 0.5) is 0 Å². The van der Waals surface area contributed by atoms with Crippen molar-refractivity contribution in [3.05, 3.63) is 87.1 Å². The minimum Gasteiger partial charge on any atom is -0.496 e. The summed E-state index contributed by atoms with van der Waals surface area (Å²) in [7, 11) is 1.59. The number of methoxy groups -OCH3 is 1. The van der Waals surface area contributed by atoms with Gasteiger partial charge in [0.2, 0.25) is 5.78 Å². The predicted octanol–water partition coefficient (Wildman–Crippen LogP) is 5.52. The summed E-state index contributed by atoms with van der Waals surface area (Å²) < 4.78 is 29.1. The lowest BCUT2D eigenvalue weighted by molar-refractivity contribution is -0.0176. The minimum absolute atomic E-state index is 0.174. The molecule has 0 amide bonds. The maximum atomic E-state index is 12.8. The van der Waals surface area contributed by atoms with Crippen molar-refractivity contribution in [2.45, 2.75) is 13.2 Å². The second-order valence-electron chi connectivity index (χ2n) is 7.29. The fraction of sp³-hybridized carbons (Fsp3) is 0.160. The highest BCUT2D eigenvalue weighted by molar-refractivity contribution is 9.10. The molecule has 6 nitrogen and oxygen atoms in total. The van der Waals surface area contributed by atoms with Crippen LogP contribution in [0.15, 0.2) is 64.8 Å². The number of carbonyl (C=O) groups excluding carboxylic acids is 1. The number of allylic oxidation sites excluding steroid dienone is 1.